The highest BCUT2D eigenvalue weighted by atomic mass is 16.6. The summed E-state index contributed by atoms with van der Waals surface area (Å²) in [6.45, 7) is 0.820. The van der Waals surface area contributed by atoms with Gasteiger partial charge in [-0.25, -0.2) is 0 Å². The molecule has 3 rings (SSSR count). The first-order valence-electron chi connectivity index (χ1n) is 8.69. The molecule has 0 bridgehead atoms. The largest absolute Gasteiger partial charge is 0.388 e. The Morgan fingerprint density at radius 1 is 0.885 bits per heavy atom. The van der Waals surface area contributed by atoms with E-state index in [1.165, 1.54) is 0 Å². The third-order valence-corrected chi connectivity index (χ3v) is 4.63. The molecule has 1 fully saturated rings. The molecule has 1 heterocycles. The number of hydrogen-bond acceptors (Lipinski definition) is 6. The monoisotopic (exact) mass is 359 g/mol. The van der Waals surface area contributed by atoms with Crippen molar-refractivity contribution in [3.63, 3.8) is 0 Å². The van der Waals surface area contributed by atoms with Crippen molar-refractivity contribution >= 4 is 0 Å². The average molecular weight is 359 g/mol. The molecule has 1 aliphatic rings. The van der Waals surface area contributed by atoms with Gasteiger partial charge in [0.1, 0.15) is 18.3 Å². The quantitative estimate of drug-likeness (QED) is 0.600. The van der Waals surface area contributed by atoms with Crippen LogP contribution >= 0.6 is 0 Å². The normalized spacial score (nSPS) is 29.0. The minimum Gasteiger partial charge on any atom is -0.388 e. The van der Waals surface area contributed by atoms with E-state index in [1.54, 1.807) is 0 Å². The van der Waals surface area contributed by atoms with E-state index in [0.29, 0.717) is 13.1 Å². The van der Waals surface area contributed by atoms with Gasteiger partial charge in [0.2, 0.25) is 5.79 Å². The second-order valence-electron chi connectivity index (χ2n) is 6.77. The van der Waals surface area contributed by atoms with E-state index in [1.807, 2.05) is 65.6 Å². The van der Waals surface area contributed by atoms with Gasteiger partial charge in [-0.15, -0.1) is 0 Å². The van der Waals surface area contributed by atoms with Crippen LogP contribution in [0, 0.1) is 0 Å². The SMILES string of the molecule is O[C@@H]1[C@H](O)COC(O)(CN(Cc2ccccc2)Cc2ccccc2)[C@H]1O. The van der Waals surface area contributed by atoms with E-state index in [0.717, 1.165) is 11.1 Å². The molecule has 4 N–H and O–H groups in total. The van der Waals surface area contributed by atoms with Crippen molar-refractivity contribution in [1.29, 1.82) is 0 Å². The topological polar surface area (TPSA) is 93.4 Å². The maximum absolute atomic E-state index is 10.8. The second-order valence-corrected chi connectivity index (χ2v) is 6.77. The zero-order chi connectivity index (χ0) is 18.6. The molecule has 6 nitrogen and oxygen atoms in total. The van der Waals surface area contributed by atoms with Gasteiger partial charge in [0, 0.05) is 13.1 Å². The van der Waals surface area contributed by atoms with Crippen LogP contribution in [0.2, 0.25) is 0 Å². The van der Waals surface area contributed by atoms with Crippen molar-refractivity contribution in [3.05, 3.63) is 71.8 Å². The molecule has 2 aromatic rings. The van der Waals surface area contributed by atoms with E-state index in [-0.39, 0.29) is 13.2 Å². The minimum absolute atomic E-state index is 0.0122. The molecule has 0 aromatic heterocycles. The number of nitrogens with zero attached hydrogens (tertiary/aromatic N) is 1. The zero-order valence-corrected chi connectivity index (χ0v) is 14.5. The van der Waals surface area contributed by atoms with Gasteiger partial charge in [-0.2, -0.15) is 0 Å². The van der Waals surface area contributed by atoms with Crippen molar-refractivity contribution in [3.8, 4) is 0 Å². The summed E-state index contributed by atoms with van der Waals surface area (Å²) < 4.78 is 5.32. The van der Waals surface area contributed by atoms with Crippen LogP contribution in [0.3, 0.4) is 0 Å². The summed E-state index contributed by atoms with van der Waals surface area (Å²) in [5.41, 5.74) is 2.11. The minimum atomic E-state index is -1.96. The predicted octanol–water partition coefficient (Wildman–Crippen LogP) is 0.490. The van der Waals surface area contributed by atoms with Crippen LogP contribution in [-0.2, 0) is 17.8 Å². The fraction of sp³-hybridized carbons (Fsp3) is 0.400. The molecular formula is C20H25NO5. The van der Waals surface area contributed by atoms with Gasteiger partial charge >= 0.3 is 0 Å². The highest BCUT2D eigenvalue weighted by Gasteiger charge is 2.49. The lowest BCUT2D eigenvalue weighted by Crippen LogP contribution is -2.64. The Bertz CT molecular complexity index is 642. The lowest BCUT2D eigenvalue weighted by Gasteiger charge is -2.43. The van der Waals surface area contributed by atoms with Crippen LogP contribution in [-0.4, -0.2) is 62.6 Å². The average Bonchev–Trinajstić information content (AvgIpc) is 2.65. The van der Waals surface area contributed by atoms with E-state index in [9.17, 15) is 20.4 Å². The second kappa shape index (κ2) is 8.26. The summed E-state index contributed by atoms with van der Waals surface area (Å²) in [4.78, 5) is 1.94. The molecule has 0 aliphatic carbocycles. The first-order valence-corrected chi connectivity index (χ1v) is 8.69. The number of benzene rings is 2. The molecule has 6 heteroatoms. The first-order chi connectivity index (χ1) is 12.5. The smallest absolute Gasteiger partial charge is 0.207 e. The number of rotatable bonds is 6. The van der Waals surface area contributed by atoms with Gasteiger partial charge in [0.05, 0.1) is 13.2 Å². The highest BCUT2D eigenvalue weighted by Crippen LogP contribution is 2.26. The van der Waals surface area contributed by atoms with Crippen LogP contribution in [0.4, 0.5) is 0 Å². The van der Waals surface area contributed by atoms with Gasteiger partial charge in [0.15, 0.2) is 0 Å². The fourth-order valence-corrected chi connectivity index (χ4v) is 3.20. The zero-order valence-electron chi connectivity index (χ0n) is 14.5. The van der Waals surface area contributed by atoms with Crippen molar-refractivity contribution in [2.45, 2.75) is 37.2 Å². The summed E-state index contributed by atoms with van der Waals surface area (Å²) in [5, 5.41) is 40.5. The van der Waals surface area contributed by atoms with Gasteiger partial charge in [-0.05, 0) is 11.1 Å². The first kappa shape index (κ1) is 19.0. The lowest BCUT2D eigenvalue weighted by molar-refractivity contribution is -0.325. The van der Waals surface area contributed by atoms with Crippen LogP contribution in [0.15, 0.2) is 60.7 Å². The van der Waals surface area contributed by atoms with Gasteiger partial charge in [0.25, 0.3) is 0 Å². The summed E-state index contributed by atoms with van der Waals surface area (Å²) in [6.07, 6.45) is -4.27. The van der Waals surface area contributed by atoms with Gasteiger partial charge in [-0.1, -0.05) is 60.7 Å². The molecule has 0 amide bonds. The molecule has 140 valence electrons. The molecule has 1 aliphatic heterocycles. The summed E-state index contributed by atoms with van der Waals surface area (Å²) in [6, 6.07) is 19.6. The Hall–Kier alpha value is -1.80. The molecule has 1 saturated heterocycles. The van der Waals surface area contributed by atoms with Crippen molar-refractivity contribution < 1.29 is 25.2 Å². The maximum atomic E-state index is 10.8. The Morgan fingerprint density at radius 2 is 1.38 bits per heavy atom. The highest BCUT2D eigenvalue weighted by molar-refractivity contribution is 5.17. The molecule has 4 atom stereocenters. The van der Waals surface area contributed by atoms with E-state index < -0.39 is 24.1 Å². The summed E-state index contributed by atoms with van der Waals surface area (Å²) in [7, 11) is 0. The molecule has 1 unspecified atom stereocenters. The Morgan fingerprint density at radius 3 is 1.88 bits per heavy atom. The van der Waals surface area contributed by atoms with Crippen LogP contribution < -0.4 is 0 Å². The molecule has 0 spiro atoms. The molecule has 0 saturated carbocycles. The number of ether oxygens (including phenoxy) is 1. The number of aliphatic hydroxyl groups is 4. The Balaban J connectivity index is 1.78. The third kappa shape index (κ3) is 4.48. The third-order valence-electron chi connectivity index (χ3n) is 4.63. The number of hydrogen-bond donors (Lipinski definition) is 4. The fourth-order valence-electron chi connectivity index (χ4n) is 3.20. The molecule has 26 heavy (non-hydrogen) atoms. The van der Waals surface area contributed by atoms with Gasteiger partial charge < -0.3 is 25.2 Å². The van der Waals surface area contributed by atoms with Crippen LogP contribution in [0.5, 0.6) is 0 Å². The van der Waals surface area contributed by atoms with Crippen molar-refractivity contribution in [2.75, 3.05) is 13.2 Å². The van der Waals surface area contributed by atoms with Gasteiger partial charge in [-0.3, -0.25) is 4.90 Å². The van der Waals surface area contributed by atoms with Crippen molar-refractivity contribution in [1.82, 2.24) is 4.90 Å². The molecule has 0 radical (unpaired) electrons. The number of aliphatic hydroxyl groups excluding tert-OH is 3. The summed E-state index contributed by atoms with van der Waals surface area (Å²) in [5.74, 6) is -1.96. The van der Waals surface area contributed by atoms with E-state index in [2.05, 4.69) is 0 Å². The lowest BCUT2D eigenvalue weighted by atomic mass is 9.96. The van der Waals surface area contributed by atoms with Crippen LogP contribution in [0.25, 0.3) is 0 Å². The Kier molecular flexibility index (Phi) is 6.03. The van der Waals surface area contributed by atoms with E-state index in [4.69, 9.17) is 4.74 Å². The Labute approximate surface area is 152 Å². The standard InChI is InChI=1S/C20H25NO5/c22-17-13-26-20(25,19(24)18(17)23)14-21(11-15-7-3-1-4-8-15)12-16-9-5-2-6-10-16/h1-10,17-19,22-25H,11-14H2/t17-,18-,19+,20?/m1/s1. The molecular weight excluding hydrogens is 334 g/mol. The van der Waals surface area contributed by atoms with E-state index >= 15 is 0 Å². The van der Waals surface area contributed by atoms with Crippen molar-refractivity contribution in [2.24, 2.45) is 0 Å². The molecule has 2 aromatic carbocycles. The maximum Gasteiger partial charge on any atom is 0.207 e. The summed E-state index contributed by atoms with van der Waals surface area (Å²) >= 11 is 0. The van der Waals surface area contributed by atoms with Crippen LogP contribution in [0.1, 0.15) is 11.1 Å². The predicted molar refractivity (Wildman–Crippen MR) is 95.9 cm³/mol.